The van der Waals surface area contributed by atoms with Crippen molar-refractivity contribution in [3.05, 3.63) is 46.2 Å². The predicted octanol–water partition coefficient (Wildman–Crippen LogP) is 6.80. The first-order valence-electron chi connectivity index (χ1n) is 13.1. The summed E-state index contributed by atoms with van der Waals surface area (Å²) >= 11 is 6.26. The van der Waals surface area contributed by atoms with Crippen LogP contribution in [0.15, 0.2) is 24.3 Å². The molecule has 0 fully saturated rings. The number of aromatic hydroxyl groups is 1. The van der Waals surface area contributed by atoms with E-state index in [9.17, 15) is 23.7 Å². The number of esters is 2. The quantitative estimate of drug-likeness (QED) is 0.159. The molecule has 222 valence electrons. The van der Waals surface area contributed by atoms with Crippen LogP contribution in [0.3, 0.4) is 0 Å². The molecule has 2 aromatic carbocycles. The second kappa shape index (κ2) is 14.7. The normalized spacial score (nSPS) is 14.2. The Balaban J connectivity index is 2.38. The Bertz CT molecular complexity index is 1230. The number of halogens is 2. The van der Waals surface area contributed by atoms with Crippen molar-refractivity contribution in [3.63, 3.8) is 0 Å². The summed E-state index contributed by atoms with van der Waals surface area (Å²) in [4.78, 5) is 24.5. The number of hydrogen-bond acceptors (Lipinski definition) is 8. The minimum atomic E-state index is -3.49. The number of hydrogen-bond donors (Lipinski definition) is 3. The molecule has 0 aliphatic rings. The topological polar surface area (TPSA) is 123 Å². The van der Waals surface area contributed by atoms with Crippen molar-refractivity contribution in [1.82, 2.24) is 5.09 Å². The number of anilines is 1. The molecule has 0 aliphatic carbocycles. The van der Waals surface area contributed by atoms with Crippen LogP contribution in [-0.2, 0) is 23.6 Å². The molecule has 12 heteroatoms. The van der Waals surface area contributed by atoms with Crippen molar-refractivity contribution in [2.45, 2.75) is 60.4 Å². The molecular weight excluding hydrogens is 562 g/mol. The molecule has 3 atom stereocenters. The van der Waals surface area contributed by atoms with Gasteiger partial charge in [0.25, 0.3) is 0 Å². The molecule has 0 radical (unpaired) electrons. The lowest BCUT2D eigenvalue weighted by Crippen LogP contribution is -2.37. The van der Waals surface area contributed by atoms with Gasteiger partial charge in [-0.15, -0.1) is 0 Å². The van der Waals surface area contributed by atoms with Crippen molar-refractivity contribution in [1.29, 1.82) is 0 Å². The number of carbonyl (C=O) groups excluding carboxylic acids is 2. The highest BCUT2D eigenvalue weighted by Gasteiger charge is 2.33. The van der Waals surface area contributed by atoms with E-state index in [0.717, 1.165) is 6.07 Å². The molecule has 40 heavy (non-hydrogen) atoms. The smallest absolute Gasteiger partial charge is 0.323 e. The first-order chi connectivity index (χ1) is 18.7. The van der Waals surface area contributed by atoms with Crippen LogP contribution in [0.2, 0.25) is 5.02 Å². The molecule has 2 aromatic rings. The molecule has 0 spiro atoms. The summed E-state index contributed by atoms with van der Waals surface area (Å²) in [6.45, 7) is 12.2. The summed E-state index contributed by atoms with van der Waals surface area (Å²) in [5.74, 6) is -2.09. The van der Waals surface area contributed by atoms with Crippen molar-refractivity contribution >= 4 is 36.5 Å². The van der Waals surface area contributed by atoms with Gasteiger partial charge in [-0.2, -0.15) is 0 Å². The standard InChI is InChI=1S/C28H39ClFN2O7P/c1-8-37-27(34)17(5)14-40(36,32-19(7)28(35)38-9-2)15-31-23-13-22(30)25(29)26(18(23)6)39-20-10-11-24(33)21(12-20)16(3)4/h10-13,16-17,19,31,33H,8-9,14-15H2,1-7H3,(H,32,36)/t17-,19+,40?/m1/s1. The molecule has 0 saturated heterocycles. The van der Waals surface area contributed by atoms with Gasteiger partial charge < -0.3 is 29.2 Å². The highest BCUT2D eigenvalue weighted by Crippen LogP contribution is 2.45. The zero-order valence-electron chi connectivity index (χ0n) is 24.0. The summed E-state index contributed by atoms with van der Waals surface area (Å²) in [6, 6.07) is 4.92. The average Bonchev–Trinajstić information content (AvgIpc) is 2.88. The molecular formula is C28H39ClFN2O7P. The lowest BCUT2D eigenvalue weighted by molar-refractivity contribution is -0.146. The van der Waals surface area contributed by atoms with Gasteiger partial charge in [0, 0.05) is 23.0 Å². The van der Waals surface area contributed by atoms with E-state index in [1.54, 1.807) is 39.8 Å². The minimum Gasteiger partial charge on any atom is -0.508 e. The molecule has 2 rings (SSSR count). The van der Waals surface area contributed by atoms with Gasteiger partial charge >= 0.3 is 11.9 Å². The zero-order chi connectivity index (χ0) is 30.2. The van der Waals surface area contributed by atoms with Crippen LogP contribution in [0, 0.1) is 18.7 Å². The van der Waals surface area contributed by atoms with Gasteiger partial charge in [-0.3, -0.25) is 14.7 Å². The van der Waals surface area contributed by atoms with E-state index < -0.39 is 37.0 Å². The maximum atomic E-state index is 14.9. The molecule has 3 N–H and O–H groups in total. The van der Waals surface area contributed by atoms with E-state index in [1.807, 2.05) is 13.8 Å². The fourth-order valence-corrected chi connectivity index (χ4v) is 6.86. The van der Waals surface area contributed by atoms with Crippen LogP contribution < -0.4 is 15.1 Å². The van der Waals surface area contributed by atoms with Gasteiger partial charge in [-0.1, -0.05) is 32.4 Å². The molecule has 9 nitrogen and oxygen atoms in total. The van der Waals surface area contributed by atoms with Gasteiger partial charge in [0.05, 0.1) is 25.4 Å². The molecule has 0 heterocycles. The number of nitrogens with one attached hydrogen (secondary N) is 2. The summed E-state index contributed by atoms with van der Waals surface area (Å²) in [7, 11) is -3.49. The van der Waals surface area contributed by atoms with Gasteiger partial charge in [-0.05, 0) is 57.9 Å². The van der Waals surface area contributed by atoms with Gasteiger partial charge in [0.2, 0.25) is 0 Å². The second-order valence-corrected chi connectivity index (χ2v) is 12.9. The summed E-state index contributed by atoms with van der Waals surface area (Å²) in [5, 5.41) is 15.7. The van der Waals surface area contributed by atoms with Crippen LogP contribution in [0.4, 0.5) is 10.1 Å². The highest BCUT2D eigenvalue weighted by molar-refractivity contribution is 7.62. The molecule has 1 unspecified atom stereocenters. The first kappa shape index (κ1) is 33.4. The van der Waals surface area contributed by atoms with Gasteiger partial charge in [0.15, 0.2) is 13.0 Å². The lowest BCUT2D eigenvalue weighted by atomic mass is 10.0. The number of ether oxygens (including phenoxy) is 3. The van der Waals surface area contributed by atoms with Crippen LogP contribution in [0.5, 0.6) is 17.2 Å². The third kappa shape index (κ3) is 8.85. The van der Waals surface area contributed by atoms with E-state index in [2.05, 4.69) is 10.4 Å². The van der Waals surface area contributed by atoms with E-state index in [1.165, 1.54) is 13.0 Å². The Kier molecular flexibility index (Phi) is 12.3. The molecule has 0 saturated carbocycles. The minimum absolute atomic E-state index is 0.0144. The first-order valence-corrected chi connectivity index (χ1v) is 15.6. The Morgan fingerprint density at radius 2 is 1.70 bits per heavy atom. The number of phenolic OH excluding ortho intramolecular Hbond substituents is 1. The number of rotatable bonds is 14. The average molecular weight is 601 g/mol. The fraction of sp³-hybridized carbons (Fsp3) is 0.500. The maximum absolute atomic E-state index is 14.9. The van der Waals surface area contributed by atoms with Crippen molar-refractivity contribution in [2.75, 3.05) is 31.0 Å². The van der Waals surface area contributed by atoms with E-state index in [0.29, 0.717) is 16.9 Å². The third-order valence-corrected chi connectivity index (χ3v) is 9.13. The van der Waals surface area contributed by atoms with Crippen molar-refractivity contribution in [3.8, 4) is 17.2 Å². The Hall–Kier alpha value is -2.81. The van der Waals surface area contributed by atoms with Crippen LogP contribution >= 0.6 is 18.9 Å². The largest absolute Gasteiger partial charge is 0.508 e. The lowest BCUT2D eigenvalue weighted by Gasteiger charge is -2.26. The zero-order valence-corrected chi connectivity index (χ0v) is 25.6. The Labute approximate surface area is 240 Å². The SMILES string of the molecule is CCOC(=O)[C@H](C)CP(=O)(CNc1cc(F)c(Cl)c(Oc2ccc(O)c(C(C)C)c2)c1C)N[C@@H](C)C(=O)OCC. The van der Waals surface area contributed by atoms with Crippen LogP contribution in [-0.4, -0.2) is 48.7 Å². The maximum Gasteiger partial charge on any atom is 0.323 e. The Morgan fingerprint density at radius 3 is 2.30 bits per heavy atom. The second-order valence-electron chi connectivity index (χ2n) is 9.81. The van der Waals surface area contributed by atoms with Crippen LogP contribution in [0.1, 0.15) is 58.6 Å². The van der Waals surface area contributed by atoms with Crippen LogP contribution in [0.25, 0.3) is 0 Å². The molecule has 0 aliphatic heterocycles. The summed E-state index contributed by atoms with van der Waals surface area (Å²) < 4.78 is 45.0. The third-order valence-electron chi connectivity index (χ3n) is 6.12. The van der Waals surface area contributed by atoms with Gasteiger partial charge in [-0.25, -0.2) is 4.39 Å². The Morgan fingerprint density at radius 1 is 1.07 bits per heavy atom. The number of phenols is 1. The highest BCUT2D eigenvalue weighted by atomic mass is 35.5. The monoisotopic (exact) mass is 600 g/mol. The fourth-order valence-electron chi connectivity index (χ4n) is 4.03. The van der Waals surface area contributed by atoms with Crippen molar-refractivity contribution in [2.24, 2.45) is 5.92 Å². The van der Waals surface area contributed by atoms with E-state index in [4.69, 9.17) is 25.8 Å². The predicted molar refractivity (Wildman–Crippen MR) is 154 cm³/mol. The summed E-state index contributed by atoms with van der Waals surface area (Å²) in [6.07, 6.45) is -0.342. The number of benzene rings is 2. The van der Waals surface area contributed by atoms with Crippen molar-refractivity contribution < 1.29 is 37.9 Å². The van der Waals surface area contributed by atoms with Gasteiger partial charge in [0.1, 0.15) is 28.4 Å². The summed E-state index contributed by atoms with van der Waals surface area (Å²) in [5.41, 5.74) is 1.35. The molecule has 0 amide bonds. The molecule has 0 bridgehead atoms. The molecule has 0 aromatic heterocycles. The number of carbonyl (C=O) groups is 2. The van der Waals surface area contributed by atoms with E-state index >= 15 is 0 Å². The van der Waals surface area contributed by atoms with E-state index in [-0.39, 0.29) is 53.8 Å².